The van der Waals surface area contributed by atoms with Crippen molar-refractivity contribution < 1.29 is 0 Å². The summed E-state index contributed by atoms with van der Waals surface area (Å²) in [6.07, 6.45) is 12.2. The van der Waals surface area contributed by atoms with Crippen LogP contribution in [0.1, 0.15) is 76.0 Å². The summed E-state index contributed by atoms with van der Waals surface area (Å²) in [6, 6.07) is 7.22. The molecule has 0 nitrogen and oxygen atoms in total. The fourth-order valence-corrected chi connectivity index (χ4v) is 4.08. The predicted molar refractivity (Wildman–Crippen MR) is 97.5 cm³/mol. The summed E-state index contributed by atoms with van der Waals surface area (Å²) >= 11 is 2.11. The van der Waals surface area contributed by atoms with Crippen LogP contribution >= 0.6 is 11.8 Å². The zero-order valence-corrected chi connectivity index (χ0v) is 15.0. The predicted octanol–water partition coefficient (Wildman–Crippen LogP) is 6.20. The zero-order chi connectivity index (χ0) is 15.1. The number of benzene rings is 1. The van der Waals surface area contributed by atoms with Gasteiger partial charge >= 0.3 is 0 Å². The molecule has 1 heteroatoms. The van der Waals surface area contributed by atoms with Crippen LogP contribution in [0.3, 0.4) is 0 Å². The van der Waals surface area contributed by atoms with Crippen LogP contribution in [-0.2, 0) is 19.3 Å². The van der Waals surface area contributed by atoms with Crippen molar-refractivity contribution in [1.82, 2.24) is 0 Å². The minimum absolute atomic E-state index is 0.438. The van der Waals surface area contributed by atoms with E-state index < -0.39 is 0 Å². The molecule has 0 radical (unpaired) electrons. The second-order valence-corrected chi connectivity index (χ2v) is 9.36. The first-order valence-corrected chi connectivity index (χ1v) is 9.78. The highest BCUT2D eigenvalue weighted by molar-refractivity contribution is 8.00. The van der Waals surface area contributed by atoms with Gasteiger partial charge < -0.3 is 0 Å². The Bertz CT molecular complexity index is 428. The van der Waals surface area contributed by atoms with Crippen molar-refractivity contribution in [3.8, 4) is 0 Å². The van der Waals surface area contributed by atoms with Gasteiger partial charge in [-0.15, -0.1) is 0 Å². The van der Waals surface area contributed by atoms with Gasteiger partial charge in [-0.2, -0.15) is 11.8 Å². The second kappa shape index (κ2) is 8.27. The number of thioether (sulfide) groups is 1. The molecular formula is C20H32S. The van der Waals surface area contributed by atoms with Crippen LogP contribution in [0, 0.1) is 0 Å². The van der Waals surface area contributed by atoms with Crippen LogP contribution in [0.25, 0.3) is 0 Å². The topological polar surface area (TPSA) is 0 Å². The van der Waals surface area contributed by atoms with Gasteiger partial charge in [-0.1, -0.05) is 58.2 Å². The number of unbranched alkanes of at least 4 members (excludes halogenated alkanes) is 4. The molecule has 0 heterocycles. The monoisotopic (exact) mass is 304 g/mol. The van der Waals surface area contributed by atoms with Gasteiger partial charge in [0.15, 0.2) is 0 Å². The number of fused-ring (bicyclic) bond motifs is 1. The first-order chi connectivity index (χ1) is 10.0. The molecule has 1 aliphatic carbocycles. The van der Waals surface area contributed by atoms with E-state index in [4.69, 9.17) is 0 Å². The fraction of sp³-hybridized carbons (Fsp3) is 0.700. The lowest BCUT2D eigenvalue weighted by atomic mass is 10.0. The van der Waals surface area contributed by atoms with Gasteiger partial charge in [-0.3, -0.25) is 0 Å². The Kier molecular flexibility index (Phi) is 6.67. The first-order valence-electron chi connectivity index (χ1n) is 8.79. The van der Waals surface area contributed by atoms with E-state index in [-0.39, 0.29) is 0 Å². The molecule has 0 N–H and O–H groups in total. The average molecular weight is 305 g/mol. The summed E-state index contributed by atoms with van der Waals surface area (Å²) in [5.74, 6) is 1.33. The molecule has 118 valence electrons. The largest absolute Gasteiger partial charge is 0.156 e. The molecule has 0 amide bonds. The molecule has 0 bridgehead atoms. The molecule has 0 saturated heterocycles. The third-order valence-corrected chi connectivity index (χ3v) is 5.67. The minimum Gasteiger partial charge on any atom is -0.156 e. The zero-order valence-electron chi connectivity index (χ0n) is 14.2. The third kappa shape index (κ3) is 6.46. The second-order valence-electron chi connectivity index (χ2n) is 7.44. The molecule has 2 rings (SSSR count). The van der Waals surface area contributed by atoms with Crippen LogP contribution in [0.4, 0.5) is 0 Å². The molecule has 0 unspecified atom stereocenters. The van der Waals surface area contributed by atoms with Gasteiger partial charge in [0.2, 0.25) is 0 Å². The van der Waals surface area contributed by atoms with Gasteiger partial charge in [0.05, 0.1) is 0 Å². The SMILES string of the molecule is CC(C)(C)SCCCCCCCc1ccc2c(c1)CCC2. The van der Waals surface area contributed by atoms with Gasteiger partial charge in [0.25, 0.3) is 0 Å². The molecule has 0 spiro atoms. The smallest absolute Gasteiger partial charge is 0.00750 e. The van der Waals surface area contributed by atoms with Crippen LogP contribution in [0.2, 0.25) is 0 Å². The lowest BCUT2D eigenvalue weighted by molar-refractivity contribution is 0.633. The van der Waals surface area contributed by atoms with Crippen molar-refractivity contribution in [2.24, 2.45) is 0 Å². The van der Waals surface area contributed by atoms with Crippen LogP contribution in [0.15, 0.2) is 18.2 Å². The molecule has 0 aliphatic heterocycles. The maximum atomic E-state index is 2.47. The van der Waals surface area contributed by atoms with Gasteiger partial charge in [-0.05, 0) is 61.0 Å². The Morgan fingerprint density at radius 3 is 2.43 bits per heavy atom. The molecule has 1 aliphatic rings. The Labute approximate surface area is 136 Å². The number of hydrogen-bond acceptors (Lipinski definition) is 1. The van der Waals surface area contributed by atoms with E-state index >= 15 is 0 Å². The van der Waals surface area contributed by atoms with Crippen molar-refractivity contribution >= 4 is 11.8 Å². The number of aryl methyl sites for hydroxylation is 3. The summed E-state index contributed by atoms with van der Waals surface area (Å²) in [4.78, 5) is 0. The van der Waals surface area contributed by atoms with Crippen molar-refractivity contribution in [2.75, 3.05) is 5.75 Å². The quantitative estimate of drug-likeness (QED) is 0.515. The summed E-state index contributed by atoms with van der Waals surface area (Å²) in [6.45, 7) is 6.94. The van der Waals surface area contributed by atoms with E-state index in [1.54, 1.807) is 16.7 Å². The maximum absolute atomic E-state index is 2.47. The Morgan fingerprint density at radius 2 is 1.62 bits per heavy atom. The van der Waals surface area contributed by atoms with E-state index in [2.05, 4.69) is 50.7 Å². The van der Waals surface area contributed by atoms with E-state index in [9.17, 15) is 0 Å². The third-order valence-electron chi connectivity index (χ3n) is 4.31. The molecule has 1 aromatic rings. The van der Waals surface area contributed by atoms with E-state index in [0.717, 1.165) is 0 Å². The Hall–Kier alpha value is -0.430. The lowest BCUT2D eigenvalue weighted by Crippen LogP contribution is -2.08. The average Bonchev–Trinajstić information content (AvgIpc) is 2.88. The summed E-state index contributed by atoms with van der Waals surface area (Å²) in [5, 5.41) is 0. The Morgan fingerprint density at radius 1 is 0.905 bits per heavy atom. The van der Waals surface area contributed by atoms with Crippen molar-refractivity contribution in [2.45, 2.75) is 83.3 Å². The summed E-state index contributed by atoms with van der Waals surface area (Å²) < 4.78 is 0.438. The number of rotatable bonds is 8. The first kappa shape index (κ1) is 16.9. The summed E-state index contributed by atoms with van der Waals surface area (Å²) in [5.41, 5.74) is 4.81. The highest BCUT2D eigenvalue weighted by atomic mass is 32.2. The van der Waals surface area contributed by atoms with E-state index in [1.807, 2.05) is 0 Å². The van der Waals surface area contributed by atoms with Crippen LogP contribution < -0.4 is 0 Å². The van der Waals surface area contributed by atoms with Gasteiger partial charge in [-0.25, -0.2) is 0 Å². The van der Waals surface area contributed by atoms with Crippen molar-refractivity contribution in [3.63, 3.8) is 0 Å². The maximum Gasteiger partial charge on any atom is 0.00750 e. The highest BCUT2D eigenvalue weighted by Crippen LogP contribution is 2.25. The molecule has 0 saturated carbocycles. The summed E-state index contributed by atoms with van der Waals surface area (Å²) in [7, 11) is 0. The minimum atomic E-state index is 0.438. The van der Waals surface area contributed by atoms with Gasteiger partial charge in [0, 0.05) is 4.75 Å². The fourth-order valence-electron chi connectivity index (χ4n) is 3.12. The molecule has 1 aromatic carbocycles. The molecule has 0 fully saturated rings. The normalized spacial score (nSPS) is 14.4. The van der Waals surface area contributed by atoms with E-state index in [1.165, 1.54) is 63.5 Å². The number of hydrogen-bond donors (Lipinski definition) is 0. The van der Waals surface area contributed by atoms with Crippen molar-refractivity contribution in [1.29, 1.82) is 0 Å². The molecule has 0 aromatic heterocycles. The standard InChI is InChI=1S/C20H32S/c1-20(2,3)21-15-8-6-4-5-7-10-17-13-14-18-11-9-12-19(18)16-17/h13-14,16H,4-12,15H2,1-3H3. The van der Waals surface area contributed by atoms with E-state index in [0.29, 0.717) is 4.75 Å². The Balaban J connectivity index is 1.52. The molecule has 21 heavy (non-hydrogen) atoms. The molecular weight excluding hydrogens is 272 g/mol. The highest BCUT2D eigenvalue weighted by Gasteiger charge is 2.10. The van der Waals surface area contributed by atoms with Crippen molar-refractivity contribution in [3.05, 3.63) is 34.9 Å². The van der Waals surface area contributed by atoms with Gasteiger partial charge in [0.1, 0.15) is 0 Å². The van der Waals surface area contributed by atoms with Crippen LogP contribution in [0.5, 0.6) is 0 Å². The lowest BCUT2D eigenvalue weighted by Gasteiger charge is -2.17. The molecule has 0 atom stereocenters. The van der Waals surface area contributed by atoms with Crippen LogP contribution in [-0.4, -0.2) is 10.5 Å².